The summed E-state index contributed by atoms with van der Waals surface area (Å²) in [5.41, 5.74) is 0. The number of morpholine rings is 1. The molecule has 1 aromatic heterocycles. The van der Waals surface area contributed by atoms with Crippen molar-refractivity contribution in [3.05, 3.63) is 19.2 Å². The Kier molecular flexibility index (Phi) is 4.98. The molecule has 0 radical (unpaired) electrons. The zero-order valence-corrected chi connectivity index (χ0v) is 14.7. The topological polar surface area (TPSA) is 24.5 Å². The summed E-state index contributed by atoms with van der Waals surface area (Å²) in [5, 5.41) is 3.51. The summed E-state index contributed by atoms with van der Waals surface area (Å²) in [4.78, 5) is 3.93. The molecule has 2 aliphatic rings. The Labute approximate surface area is 135 Å². The fourth-order valence-corrected chi connectivity index (χ4v) is 4.99. The number of rotatable bonds is 4. The summed E-state index contributed by atoms with van der Waals surface area (Å²) in [6, 6.07) is 2.86. The molecule has 0 aromatic carbocycles. The average molecular weight is 410 g/mol. The number of hydrogen-bond donors (Lipinski definition) is 1. The van der Waals surface area contributed by atoms with Gasteiger partial charge in [0.15, 0.2) is 0 Å². The molecule has 2 aliphatic heterocycles. The third kappa shape index (κ3) is 3.60. The molecule has 2 atom stereocenters. The number of nitrogens with zero attached hydrogens (tertiary/aromatic N) is 1. The summed E-state index contributed by atoms with van der Waals surface area (Å²) in [7, 11) is 0. The molecule has 3 rings (SSSR count). The van der Waals surface area contributed by atoms with Gasteiger partial charge >= 0.3 is 0 Å². The van der Waals surface area contributed by atoms with Gasteiger partial charge < -0.3 is 10.1 Å². The van der Waals surface area contributed by atoms with Gasteiger partial charge in [-0.2, -0.15) is 0 Å². The monoisotopic (exact) mass is 408 g/mol. The van der Waals surface area contributed by atoms with E-state index in [1.54, 1.807) is 11.3 Å². The minimum absolute atomic E-state index is 0.348. The molecule has 1 N–H and O–H groups in total. The Balaban J connectivity index is 1.42. The standard InChI is InChI=1S/C13H18Br2N2OS/c14-12-4-11(19-13(12)15)6-16-5-10-7-17-3-1-2-9(17)8-18-10/h4,9-10,16H,1-3,5-8H2. The summed E-state index contributed by atoms with van der Waals surface area (Å²) >= 11 is 8.82. The molecule has 0 amide bonds. The fraction of sp³-hybridized carbons (Fsp3) is 0.692. The highest BCUT2D eigenvalue weighted by Crippen LogP contribution is 2.32. The molecule has 0 bridgehead atoms. The zero-order valence-electron chi connectivity index (χ0n) is 10.7. The van der Waals surface area contributed by atoms with Crippen LogP contribution in [-0.2, 0) is 11.3 Å². The average Bonchev–Trinajstić information content (AvgIpc) is 2.96. The largest absolute Gasteiger partial charge is 0.374 e. The lowest BCUT2D eigenvalue weighted by molar-refractivity contribution is -0.0470. The second-order valence-corrected chi connectivity index (χ2v) is 8.52. The first-order valence-electron chi connectivity index (χ1n) is 6.72. The molecule has 2 unspecified atom stereocenters. The van der Waals surface area contributed by atoms with Gasteiger partial charge in [-0.3, -0.25) is 4.90 Å². The van der Waals surface area contributed by atoms with Gasteiger partial charge in [0.2, 0.25) is 0 Å². The molecule has 19 heavy (non-hydrogen) atoms. The van der Waals surface area contributed by atoms with E-state index in [1.165, 1.54) is 24.3 Å². The van der Waals surface area contributed by atoms with Gasteiger partial charge in [-0.1, -0.05) is 0 Å². The first kappa shape index (κ1) is 14.5. The summed E-state index contributed by atoms with van der Waals surface area (Å²) in [6.07, 6.45) is 3.00. The second kappa shape index (κ2) is 6.54. The lowest BCUT2D eigenvalue weighted by Gasteiger charge is -2.35. The van der Waals surface area contributed by atoms with Crippen LogP contribution < -0.4 is 5.32 Å². The van der Waals surface area contributed by atoms with Gasteiger partial charge in [-0.05, 0) is 57.3 Å². The van der Waals surface area contributed by atoms with Crippen LogP contribution in [0.4, 0.5) is 0 Å². The number of ether oxygens (including phenoxy) is 1. The Hall–Kier alpha value is 0.540. The van der Waals surface area contributed by atoms with Gasteiger partial charge in [-0.25, -0.2) is 0 Å². The van der Waals surface area contributed by atoms with Crippen LogP contribution in [0.1, 0.15) is 17.7 Å². The maximum atomic E-state index is 5.94. The molecule has 1 aromatic rings. The van der Waals surface area contributed by atoms with E-state index in [9.17, 15) is 0 Å². The predicted octanol–water partition coefficient (Wildman–Crippen LogP) is 3.23. The molecule has 0 aliphatic carbocycles. The summed E-state index contributed by atoms with van der Waals surface area (Å²) < 4.78 is 8.25. The lowest BCUT2D eigenvalue weighted by Crippen LogP contribution is -2.49. The van der Waals surface area contributed by atoms with E-state index < -0.39 is 0 Å². The number of halogens is 2. The Morgan fingerprint density at radius 3 is 3.16 bits per heavy atom. The molecule has 3 nitrogen and oxygen atoms in total. The van der Waals surface area contributed by atoms with Crippen LogP contribution in [0, 0.1) is 0 Å². The van der Waals surface area contributed by atoms with Crippen LogP contribution in [-0.4, -0.2) is 43.3 Å². The Morgan fingerprint density at radius 1 is 1.47 bits per heavy atom. The summed E-state index contributed by atoms with van der Waals surface area (Å²) in [6.45, 7) is 5.13. The maximum Gasteiger partial charge on any atom is 0.0843 e. The van der Waals surface area contributed by atoms with E-state index in [2.05, 4.69) is 48.1 Å². The van der Waals surface area contributed by atoms with Crippen molar-refractivity contribution in [1.29, 1.82) is 0 Å². The van der Waals surface area contributed by atoms with Crippen LogP contribution >= 0.6 is 43.2 Å². The molecule has 106 valence electrons. The molecule has 6 heteroatoms. The molecular weight excluding hydrogens is 392 g/mol. The second-order valence-electron chi connectivity index (χ2n) is 5.21. The first-order chi connectivity index (χ1) is 9.22. The van der Waals surface area contributed by atoms with Crippen molar-refractivity contribution in [2.75, 3.05) is 26.2 Å². The van der Waals surface area contributed by atoms with Crippen LogP contribution in [0.2, 0.25) is 0 Å². The SMILES string of the molecule is Brc1cc(CNCC2CN3CCCC3CO2)sc1Br. The molecule has 2 fully saturated rings. The van der Waals surface area contributed by atoms with E-state index in [-0.39, 0.29) is 0 Å². The predicted molar refractivity (Wildman–Crippen MR) is 85.8 cm³/mol. The Bertz CT molecular complexity index is 421. The van der Waals surface area contributed by atoms with Gasteiger partial charge in [0.1, 0.15) is 0 Å². The van der Waals surface area contributed by atoms with Crippen molar-refractivity contribution in [2.45, 2.75) is 31.5 Å². The highest BCUT2D eigenvalue weighted by molar-refractivity contribution is 9.13. The van der Waals surface area contributed by atoms with Gasteiger partial charge in [-0.15, -0.1) is 11.3 Å². The van der Waals surface area contributed by atoms with E-state index in [4.69, 9.17) is 4.74 Å². The fourth-order valence-electron chi connectivity index (χ4n) is 2.84. The van der Waals surface area contributed by atoms with Crippen LogP contribution in [0.25, 0.3) is 0 Å². The quantitative estimate of drug-likeness (QED) is 0.826. The highest BCUT2D eigenvalue weighted by Gasteiger charge is 2.31. The van der Waals surface area contributed by atoms with E-state index in [0.29, 0.717) is 12.1 Å². The Morgan fingerprint density at radius 2 is 2.37 bits per heavy atom. The smallest absolute Gasteiger partial charge is 0.0843 e. The van der Waals surface area contributed by atoms with Crippen molar-refractivity contribution in [1.82, 2.24) is 10.2 Å². The van der Waals surface area contributed by atoms with Crippen molar-refractivity contribution in [3.8, 4) is 0 Å². The van der Waals surface area contributed by atoms with Crippen molar-refractivity contribution in [3.63, 3.8) is 0 Å². The first-order valence-corrected chi connectivity index (χ1v) is 9.12. The molecule has 2 saturated heterocycles. The van der Waals surface area contributed by atoms with Gasteiger partial charge in [0.05, 0.1) is 16.5 Å². The maximum absolute atomic E-state index is 5.94. The van der Waals surface area contributed by atoms with Crippen molar-refractivity contribution >= 4 is 43.2 Å². The third-order valence-corrected chi connectivity index (χ3v) is 7.09. The molecular formula is C13H18Br2N2OS. The number of thiophene rings is 1. The highest BCUT2D eigenvalue weighted by atomic mass is 79.9. The van der Waals surface area contributed by atoms with E-state index in [1.807, 2.05) is 0 Å². The van der Waals surface area contributed by atoms with Crippen molar-refractivity contribution < 1.29 is 4.74 Å². The molecule has 0 saturated carbocycles. The normalized spacial score (nSPS) is 27.7. The van der Waals surface area contributed by atoms with E-state index in [0.717, 1.165) is 34.5 Å². The minimum atomic E-state index is 0.348. The van der Waals surface area contributed by atoms with E-state index >= 15 is 0 Å². The summed E-state index contributed by atoms with van der Waals surface area (Å²) in [5.74, 6) is 0. The van der Waals surface area contributed by atoms with Gasteiger partial charge in [0, 0.05) is 35.0 Å². The minimum Gasteiger partial charge on any atom is -0.374 e. The van der Waals surface area contributed by atoms with Gasteiger partial charge in [0.25, 0.3) is 0 Å². The number of nitrogens with one attached hydrogen (secondary N) is 1. The van der Waals surface area contributed by atoms with Crippen molar-refractivity contribution in [2.24, 2.45) is 0 Å². The van der Waals surface area contributed by atoms with Crippen LogP contribution in [0.3, 0.4) is 0 Å². The number of hydrogen-bond acceptors (Lipinski definition) is 4. The molecule has 3 heterocycles. The zero-order chi connectivity index (χ0) is 13.2. The molecule has 0 spiro atoms. The number of fused-ring (bicyclic) bond motifs is 1. The lowest BCUT2D eigenvalue weighted by atomic mass is 10.2. The van der Waals surface area contributed by atoms with Crippen LogP contribution in [0.5, 0.6) is 0 Å². The van der Waals surface area contributed by atoms with Crippen LogP contribution in [0.15, 0.2) is 14.3 Å². The third-order valence-electron chi connectivity index (χ3n) is 3.83.